The third-order valence-electron chi connectivity index (χ3n) is 1.53. The van der Waals surface area contributed by atoms with Gasteiger partial charge in [0.05, 0.1) is 11.6 Å². The van der Waals surface area contributed by atoms with Crippen LogP contribution < -0.4 is 0 Å². The Morgan fingerprint density at radius 1 is 1.25 bits per heavy atom. The van der Waals surface area contributed by atoms with Crippen LogP contribution in [-0.4, -0.2) is 0 Å². The molecule has 12 heavy (non-hydrogen) atoms. The molecule has 4 heteroatoms. The number of hydrogen-bond acceptors (Lipinski definition) is 1. The van der Waals surface area contributed by atoms with Crippen LogP contribution in [0, 0.1) is 35.7 Å². The lowest BCUT2D eigenvalue weighted by atomic mass is 10.1. The summed E-state index contributed by atoms with van der Waals surface area (Å²) in [6.45, 7) is 1.22. The van der Waals surface area contributed by atoms with Crippen LogP contribution in [0.1, 0.15) is 11.1 Å². The standard InChI is InChI=1S/C8H4F3N/c1-4-5(3-12)2-6(9)8(11)7(4)10/h2H,1H3. The molecule has 1 aromatic rings. The van der Waals surface area contributed by atoms with Crippen molar-refractivity contribution in [1.82, 2.24) is 0 Å². The van der Waals surface area contributed by atoms with Gasteiger partial charge in [0.25, 0.3) is 0 Å². The van der Waals surface area contributed by atoms with Crippen LogP contribution in [0.2, 0.25) is 0 Å². The molecule has 0 atom stereocenters. The molecule has 0 heterocycles. The first-order valence-corrected chi connectivity index (χ1v) is 3.12. The van der Waals surface area contributed by atoms with E-state index in [-0.39, 0.29) is 11.1 Å². The lowest BCUT2D eigenvalue weighted by Gasteiger charge is -2.00. The predicted molar refractivity (Wildman–Crippen MR) is 35.8 cm³/mol. The van der Waals surface area contributed by atoms with Crippen molar-refractivity contribution in [2.24, 2.45) is 0 Å². The van der Waals surface area contributed by atoms with Gasteiger partial charge in [0.1, 0.15) is 0 Å². The van der Waals surface area contributed by atoms with Crippen LogP contribution in [0.4, 0.5) is 13.2 Å². The molecular formula is C8H4F3N. The molecular weight excluding hydrogens is 167 g/mol. The Morgan fingerprint density at radius 2 is 1.83 bits per heavy atom. The Labute approximate surface area is 67.1 Å². The van der Waals surface area contributed by atoms with Crippen molar-refractivity contribution < 1.29 is 13.2 Å². The number of hydrogen-bond donors (Lipinski definition) is 0. The van der Waals surface area contributed by atoms with Gasteiger partial charge in [0, 0.05) is 5.56 Å². The van der Waals surface area contributed by atoms with E-state index in [9.17, 15) is 13.2 Å². The first-order valence-electron chi connectivity index (χ1n) is 3.12. The van der Waals surface area contributed by atoms with Gasteiger partial charge < -0.3 is 0 Å². The second kappa shape index (κ2) is 2.86. The van der Waals surface area contributed by atoms with Crippen LogP contribution >= 0.6 is 0 Å². The lowest BCUT2D eigenvalue weighted by molar-refractivity contribution is 0.443. The Hall–Kier alpha value is -1.50. The van der Waals surface area contributed by atoms with E-state index in [1.165, 1.54) is 6.92 Å². The number of nitriles is 1. The monoisotopic (exact) mass is 171 g/mol. The zero-order chi connectivity index (χ0) is 9.30. The maximum absolute atomic E-state index is 12.7. The quantitative estimate of drug-likeness (QED) is 0.549. The van der Waals surface area contributed by atoms with E-state index in [4.69, 9.17) is 5.26 Å². The van der Waals surface area contributed by atoms with Gasteiger partial charge in [-0.15, -0.1) is 0 Å². The molecule has 0 bridgehead atoms. The molecule has 0 aliphatic heterocycles. The minimum atomic E-state index is -1.54. The third-order valence-corrected chi connectivity index (χ3v) is 1.53. The molecule has 0 aliphatic carbocycles. The molecule has 1 aromatic carbocycles. The molecule has 0 unspecified atom stereocenters. The molecule has 62 valence electrons. The van der Waals surface area contributed by atoms with E-state index in [1.54, 1.807) is 6.07 Å². The second-order valence-electron chi connectivity index (χ2n) is 2.27. The largest absolute Gasteiger partial charge is 0.204 e. The summed E-state index contributed by atoms with van der Waals surface area (Å²) in [6.07, 6.45) is 0. The summed E-state index contributed by atoms with van der Waals surface area (Å²) in [5.41, 5.74) is -0.359. The number of halogens is 3. The van der Waals surface area contributed by atoms with Gasteiger partial charge in [-0.05, 0) is 13.0 Å². The molecule has 0 saturated carbocycles. The van der Waals surface area contributed by atoms with E-state index in [2.05, 4.69) is 0 Å². The van der Waals surface area contributed by atoms with E-state index >= 15 is 0 Å². The van der Waals surface area contributed by atoms with Crippen molar-refractivity contribution >= 4 is 0 Å². The molecule has 1 rings (SSSR count). The number of rotatable bonds is 0. The average Bonchev–Trinajstić information content (AvgIpc) is 2.08. The van der Waals surface area contributed by atoms with Crippen LogP contribution in [0.25, 0.3) is 0 Å². The normalized spacial score (nSPS) is 9.58. The van der Waals surface area contributed by atoms with Gasteiger partial charge in [-0.25, -0.2) is 13.2 Å². The predicted octanol–water partition coefficient (Wildman–Crippen LogP) is 2.28. The highest BCUT2D eigenvalue weighted by Gasteiger charge is 2.14. The Balaban J connectivity index is 3.52. The van der Waals surface area contributed by atoms with Crippen LogP contribution in [0.5, 0.6) is 0 Å². The van der Waals surface area contributed by atoms with Gasteiger partial charge in [-0.3, -0.25) is 0 Å². The average molecular weight is 171 g/mol. The van der Waals surface area contributed by atoms with Crippen molar-refractivity contribution in [2.75, 3.05) is 0 Å². The maximum atomic E-state index is 12.7. The van der Waals surface area contributed by atoms with E-state index in [0.29, 0.717) is 6.07 Å². The van der Waals surface area contributed by atoms with Crippen molar-refractivity contribution in [3.8, 4) is 6.07 Å². The van der Waals surface area contributed by atoms with Crippen molar-refractivity contribution in [3.05, 3.63) is 34.6 Å². The minimum absolute atomic E-state index is 0.170. The fraction of sp³-hybridized carbons (Fsp3) is 0.125. The fourth-order valence-electron chi connectivity index (χ4n) is 0.802. The highest BCUT2D eigenvalue weighted by atomic mass is 19.2. The van der Waals surface area contributed by atoms with Gasteiger partial charge in [0.15, 0.2) is 17.5 Å². The van der Waals surface area contributed by atoms with Gasteiger partial charge in [0.2, 0.25) is 0 Å². The van der Waals surface area contributed by atoms with E-state index in [0.717, 1.165) is 0 Å². The first-order chi connectivity index (χ1) is 5.57. The minimum Gasteiger partial charge on any atom is -0.204 e. The molecule has 0 amide bonds. The molecule has 0 N–H and O–H groups in total. The van der Waals surface area contributed by atoms with Crippen LogP contribution in [0.3, 0.4) is 0 Å². The Bertz CT molecular complexity index is 366. The van der Waals surface area contributed by atoms with Crippen molar-refractivity contribution in [2.45, 2.75) is 6.92 Å². The summed E-state index contributed by atoms with van der Waals surface area (Å²) in [4.78, 5) is 0. The Kier molecular flexibility index (Phi) is 2.05. The van der Waals surface area contributed by atoms with Gasteiger partial charge >= 0.3 is 0 Å². The van der Waals surface area contributed by atoms with Crippen LogP contribution in [0.15, 0.2) is 6.07 Å². The third kappa shape index (κ3) is 1.14. The summed E-state index contributed by atoms with van der Waals surface area (Å²) >= 11 is 0. The van der Waals surface area contributed by atoms with Crippen LogP contribution in [-0.2, 0) is 0 Å². The zero-order valence-electron chi connectivity index (χ0n) is 6.16. The molecule has 0 fully saturated rings. The molecule has 0 radical (unpaired) electrons. The Morgan fingerprint density at radius 3 is 2.33 bits per heavy atom. The molecule has 0 aliphatic rings. The topological polar surface area (TPSA) is 23.8 Å². The molecule has 1 nitrogen and oxygen atoms in total. The summed E-state index contributed by atoms with van der Waals surface area (Å²) in [6, 6.07) is 2.23. The fourth-order valence-corrected chi connectivity index (χ4v) is 0.802. The SMILES string of the molecule is Cc1c(C#N)cc(F)c(F)c1F. The van der Waals surface area contributed by atoms with Gasteiger partial charge in [-0.2, -0.15) is 5.26 Å². The number of nitrogens with zero attached hydrogens (tertiary/aromatic N) is 1. The summed E-state index contributed by atoms with van der Waals surface area (Å²) < 4.78 is 37.6. The zero-order valence-corrected chi connectivity index (χ0v) is 6.16. The summed E-state index contributed by atoms with van der Waals surface area (Å²) in [5, 5.41) is 8.35. The molecule has 0 aromatic heterocycles. The highest BCUT2D eigenvalue weighted by molar-refractivity contribution is 5.38. The highest BCUT2D eigenvalue weighted by Crippen LogP contribution is 2.18. The van der Waals surface area contributed by atoms with Gasteiger partial charge in [-0.1, -0.05) is 0 Å². The molecule has 0 saturated heterocycles. The first kappa shape index (κ1) is 8.60. The second-order valence-corrected chi connectivity index (χ2v) is 2.27. The van der Waals surface area contributed by atoms with E-state index in [1.807, 2.05) is 0 Å². The maximum Gasteiger partial charge on any atom is 0.194 e. The number of benzene rings is 1. The summed E-state index contributed by atoms with van der Waals surface area (Å²) in [7, 11) is 0. The lowest BCUT2D eigenvalue weighted by Crippen LogP contribution is -1.97. The molecule has 0 spiro atoms. The van der Waals surface area contributed by atoms with Crippen molar-refractivity contribution in [1.29, 1.82) is 5.26 Å². The van der Waals surface area contributed by atoms with Crippen molar-refractivity contribution in [3.63, 3.8) is 0 Å². The van der Waals surface area contributed by atoms with E-state index < -0.39 is 17.5 Å². The summed E-state index contributed by atoms with van der Waals surface area (Å²) in [5.74, 6) is -4.17. The smallest absolute Gasteiger partial charge is 0.194 e.